The average Bonchev–Trinajstić information content (AvgIpc) is 2.99. The van der Waals surface area contributed by atoms with Crippen molar-refractivity contribution in [2.45, 2.75) is 39.1 Å². The Morgan fingerprint density at radius 3 is 2.43 bits per heavy atom. The maximum Gasteiger partial charge on any atom is 0.244 e. The van der Waals surface area contributed by atoms with Gasteiger partial charge in [0.2, 0.25) is 15.0 Å². The van der Waals surface area contributed by atoms with Gasteiger partial charge in [-0.05, 0) is 27.7 Å². The zero-order valence-electron chi connectivity index (χ0n) is 13.6. The van der Waals surface area contributed by atoms with E-state index in [9.17, 15) is 8.42 Å². The number of aromatic nitrogens is 5. The lowest BCUT2D eigenvalue weighted by Gasteiger charge is -2.07. The summed E-state index contributed by atoms with van der Waals surface area (Å²) in [5, 5.41) is 9.41. The van der Waals surface area contributed by atoms with Crippen molar-refractivity contribution in [3.8, 4) is 0 Å². The highest BCUT2D eigenvalue weighted by Crippen LogP contribution is 2.21. The molecule has 8 nitrogen and oxygen atoms in total. The lowest BCUT2D eigenvalue weighted by atomic mass is 10.3. The minimum atomic E-state index is -3.65. The predicted molar refractivity (Wildman–Crippen MR) is 87.0 cm³/mol. The number of imidazole rings is 1. The Hall–Kier alpha value is -1.78. The third kappa shape index (κ3) is 2.66. The van der Waals surface area contributed by atoms with Gasteiger partial charge in [0.1, 0.15) is 9.90 Å². The van der Waals surface area contributed by atoms with Crippen molar-refractivity contribution in [3.63, 3.8) is 0 Å². The molecule has 3 aromatic rings. The molecule has 0 aliphatic rings. The van der Waals surface area contributed by atoms with Gasteiger partial charge in [-0.25, -0.2) is 22.6 Å². The number of hydrogen-bond acceptors (Lipinski definition) is 6. The molecule has 0 aliphatic heterocycles. The largest absolute Gasteiger partial charge is 0.271 e. The summed E-state index contributed by atoms with van der Waals surface area (Å²) >= 11 is 1.48. The van der Waals surface area contributed by atoms with Crippen LogP contribution in [-0.2, 0) is 23.6 Å². The van der Waals surface area contributed by atoms with Gasteiger partial charge in [0.15, 0.2) is 0 Å². The summed E-state index contributed by atoms with van der Waals surface area (Å²) in [4.78, 5) is 5.41. The van der Waals surface area contributed by atoms with Crippen LogP contribution in [0.15, 0.2) is 4.90 Å². The highest BCUT2D eigenvalue weighted by atomic mass is 32.2. The molecule has 1 N–H and O–H groups in total. The van der Waals surface area contributed by atoms with Crippen molar-refractivity contribution < 1.29 is 8.42 Å². The van der Waals surface area contributed by atoms with E-state index >= 15 is 0 Å². The molecule has 0 amide bonds. The Kier molecular flexibility index (Phi) is 3.77. The molecule has 3 rings (SSSR count). The molecular weight excluding hydrogens is 336 g/mol. The molecular formula is C13H18N6O2S2. The molecule has 3 heterocycles. The van der Waals surface area contributed by atoms with E-state index in [2.05, 4.69) is 19.9 Å². The Morgan fingerprint density at radius 1 is 1.13 bits per heavy atom. The summed E-state index contributed by atoms with van der Waals surface area (Å²) < 4.78 is 31.1. The van der Waals surface area contributed by atoms with Gasteiger partial charge in [-0.1, -0.05) is 11.3 Å². The first-order valence-corrected chi connectivity index (χ1v) is 9.32. The molecule has 0 aromatic carbocycles. The zero-order chi connectivity index (χ0) is 16.9. The quantitative estimate of drug-likeness (QED) is 0.761. The molecule has 0 radical (unpaired) electrons. The Balaban J connectivity index is 1.93. The summed E-state index contributed by atoms with van der Waals surface area (Å²) in [5.41, 5.74) is 2.60. The topological polar surface area (TPSA) is 94.2 Å². The van der Waals surface area contributed by atoms with Crippen molar-refractivity contribution in [3.05, 3.63) is 27.8 Å². The van der Waals surface area contributed by atoms with E-state index in [0.29, 0.717) is 11.4 Å². The Morgan fingerprint density at radius 2 is 1.83 bits per heavy atom. The van der Waals surface area contributed by atoms with Crippen LogP contribution in [0.3, 0.4) is 0 Å². The molecule has 3 aromatic heterocycles. The van der Waals surface area contributed by atoms with E-state index in [-0.39, 0.29) is 11.4 Å². The van der Waals surface area contributed by atoms with Crippen LogP contribution in [0, 0.1) is 27.7 Å². The molecule has 0 fully saturated rings. The number of hydrogen-bond donors (Lipinski definition) is 1. The lowest BCUT2D eigenvalue weighted by Crippen LogP contribution is -2.25. The van der Waals surface area contributed by atoms with Crippen LogP contribution in [0.5, 0.6) is 0 Å². The molecule has 0 atom stereocenters. The van der Waals surface area contributed by atoms with Crippen molar-refractivity contribution >= 4 is 26.3 Å². The van der Waals surface area contributed by atoms with Gasteiger partial charge in [0.25, 0.3) is 0 Å². The minimum Gasteiger partial charge on any atom is -0.271 e. The standard InChI is InChI=1S/C13H18N6O2S2/c1-7-11(19-13(15-7)22-10(4)17-19)6-14-23(20,21)12-8(2)16-18(5)9(12)3/h14H,6H2,1-5H3. The second-order valence-electron chi connectivity index (χ2n) is 5.41. The first-order chi connectivity index (χ1) is 10.7. The van der Waals surface area contributed by atoms with E-state index in [1.807, 2.05) is 13.8 Å². The van der Waals surface area contributed by atoms with Crippen molar-refractivity contribution in [2.75, 3.05) is 0 Å². The molecule has 0 aliphatic carbocycles. The number of rotatable bonds is 4. The number of aryl methyl sites for hydroxylation is 4. The van der Waals surface area contributed by atoms with E-state index in [1.54, 1.807) is 30.1 Å². The first kappa shape index (κ1) is 16.1. The summed E-state index contributed by atoms with van der Waals surface area (Å²) in [5.74, 6) is 0. The van der Waals surface area contributed by atoms with Gasteiger partial charge < -0.3 is 0 Å². The second-order valence-corrected chi connectivity index (χ2v) is 8.27. The smallest absolute Gasteiger partial charge is 0.244 e. The van der Waals surface area contributed by atoms with E-state index in [1.165, 1.54) is 11.3 Å². The van der Waals surface area contributed by atoms with E-state index in [4.69, 9.17) is 0 Å². The fourth-order valence-corrected chi connectivity index (χ4v) is 4.80. The Bertz CT molecular complexity index is 996. The number of fused-ring (bicyclic) bond motifs is 1. The van der Waals surface area contributed by atoms with Crippen molar-refractivity contribution in [1.82, 2.24) is 29.1 Å². The number of nitrogens with zero attached hydrogens (tertiary/aromatic N) is 5. The molecule has 10 heteroatoms. The monoisotopic (exact) mass is 354 g/mol. The van der Waals surface area contributed by atoms with Crippen molar-refractivity contribution in [1.29, 1.82) is 0 Å². The fourth-order valence-electron chi connectivity index (χ4n) is 2.57. The second kappa shape index (κ2) is 5.39. The SMILES string of the molecule is Cc1nn2c(CNS(=O)(=O)c3c(C)nn(C)c3C)c(C)nc2s1. The van der Waals surface area contributed by atoms with Gasteiger partial charge >= 0.3 is 0 Å². The van der Waals surface area contributed by atoms with Gasteiger partial charge in [-0.3, -0.25) is 4.68 Å². The maximum absolute atomic E-state index is 12.6. The van der Waals surface area contributed by atoms with Gasteiger partial charge in [0.05, 0.1) is 29.3 Å². The first-order valence-electron chi connectivity index (χ1n) is 7.02. The third-order valence-corrected chi connectivity index (χ3v) is 6.22. The maximum atomic E-state index is 12.6. The van der Waals surface area contributed by atoms with Crippen LogP contribution in [0.2, 0.25) is 0 Å². The van der Waals surface area contributed by atoms with Gasteiger partial charge in [-0.2, -0.15) is 10.2 Å². The molecule has 124 valence electrons. The summed E-state index contributed by atoms with van der Waals surface area (Å²) in [6.07, 6.45) is 0. The Labute approximate surface area is 138 Å². The average molecular weight is 354 g/mol. The third-order valence-electron chi connectivity index (χ3n) is 3.74. The van der Waals surface area contributed by atoms with Crippen LogP contribution in [0.1, 0.15) is 27.8 Å². The molecule has 0 saturated carbocycles. The zero-order valence-corrected chi connectivity index (χ0v) is 15.2. The highest BCUT2D eigenvalue weighted by molar-refractivity contribution is 7.89. The normalized spacial score (nSPS) is 12.4. The molecule has 0 saturated heterocycles. The van der Waals surface area contributed by atoms with Gasteiger partial charge in [0, 0.05) is 7.05 Å². The molecule has 0 bridgehead atoms. The molecule has 0 unspecified atom stereocenters. The van der Waals surface area contributed by atoms with Gasteiger partial charge in [-0.15, -0.1) is 0 Å². The van der Waals surface area contributed by atoms with Crippen LogP contribution in [-0.4, -0.2) is 32.8 Å². The van der Waals surface area contributed by atoms with E-state index in [0.717, 1.165) is 21.4 Å². The van der Waals surface area contributed by atoms with Crippen LogP contribution in [0.4, 0.5) is 0 Å². The summed E-state index contributed by atoms with van der Waals surface area (Å²) in [6.45, 7) is 7.30. The molecule has 23 heavy (non-hydrogen) atoms. The predicted octanol–water partition coefficient (Wildman–Crippen LogP) is 1.24. The van der Waals surface area contributed by atoms with E-state index < -0.39 is 10.0 Å². The van der Waals surface area contributed by atoms with Crippen molar-refractivity contribution in [2.24, 2.45) is 7.05 Å². The van der Waals surface area contributed by atoms with Crippen LogP contribution < -0.4 is 4.72 Å². The number of nitrogens with one attached hydrogen (secondary N) is 1. The lowest BCUT2D eigenvalue weighted by molar-refractivity contribution is 0.577. The highest BCUT2D eigenvalue weighted by Gasteiger charge is 2.24. The number of sulfonamides is 1. The van der Waals surface area contributed by atoms with Crippen LogP contribution in [0.25, 0.3) is 4.96 Å². The molecule has 0 spiro atoms. The summed E-state index contributed by atoms with van der Waals surface area (Å²) in [7, 11) is -1.93. The summed E-state index contributed by atoms with van der Waals surface area (Å²) in [6, 6.07) is 0. The van der Waals surface area contributed by atoms with Crippen LogP contribution >= 0.6 is 11.3 Å². The fraction of sp³-hybridized carbons (Fsp3) is 0.462. The minimum absolute atomic E-state index is 0.131.